The lowest BCUT2D eigenvalue weighted by atomic mass is 9.60. The van der Waals surface area contributed by atoms with Gasteiger partial charge in [-0.05, 0) is 94.0 Å². The van der Waals surface area contributed by atoms with E-state index >= 15 is 0 Å². The molecule has 6 nitrogen and oxygen atoms in total. The van der Waals surface area contributed by atoms with Crippen LogP contribution in [0.2, 0.25) is 26.2 Å². The van der Waals surface area contributed by atoms with Gasteiger partial charge in [-0.25, -0.2) is 4.79 Å². The molecule has 1 saturated heterocycles. The van der Waals surface area contributed by atoms with Crippen LogP contribution in [-0.2, 0) is 27.9 Å². The van der Waals surface area contributed by atoms with E-state index in [0.29, 0.717) is 25.7 Å². The predicted molar refractivity (Wildman–Crippen MR) is 198 cm³/mol. The van der Waals surface area contributed by atoms with Crippen LogP contribution in [0, 0.1) is 39.9 Å². The maximum Gasteiger partial charge on any atom is 0.334 e. The van der Waals surface area contributed by atoms with Gasteiger partial charge < -0.3 is 18.3 Å². The zero-order valence-corrected chi connectivity index (χ0v) is 34.4. The highest BCUT2D eigenvalue weighted by molar-refractivity contribution is 6.48. The Balaban J connectivity index is 2.06. The molecule has 1 unspecified atom stereocenters. The van der Waals surface area contributed by atoms with Crippen molar-refractivity contribution in [2.75, 3.05) is 0 Å². The third kappa shape index (κ3) is 9.40. The summed E-state index contributed by atoms with van der Waals surface area (Å²) in [5.41, 5.74) is 0.0187. The fraction of sp³-hybridized carbons (Fsp3) is 0.795. The first-order valence-electron chi connectivity index (χ1n) is 18.4. The smallest absolute Gasteiger partial charge is 0.334 e. The second-order valence-electron chi connectivity index (χ2n) is 17.6. The van der Waals surface area contributed by atoms with Crippen molar-refractivity contribution in [2.45, 2.75) is 157 Å². The molecule has 268 valence electrons. The van der Waals surface area contributed by atoms with Crippen LogP contribution in [-0.4, -0.2) is 53.9 Å². The summed E-state index contributed by atoms with van der Waals surface area (Å²) in [6.07, 6.45) is 12.8. The first-order valence-corrected chi connectivity index (χ1v) is 24.0. The molecule has 0 spiro atoms. The van der Waals surface area contributed by atoms with Crippen molar-refractivity contribution < 1.29 is 27.9 Å². The van der Waals surface area contributed by atoms with Crippen LogP contribution in [0.3, 0.4) is 0 Å². The summed E-state index contributed by atoms with van der Waals surface area (Å²) in [4.78, 5) is 27.7. The van der Waals surface area contributed by atoms with Gasteiger partial charge in [0.15, 0.2) is 18.1 Å². The van der Waals surface area contributed by atoms with Gasteiger partial charge in [-0.15, -0.1) is 6.58 Å². The summed E-state index contributed by atoms with van der Waals surface area (Å²) < 4.78 is 26.4. The molecule has 0 bridgehead atoms. The normalized spacial score (nSPS) is 30.0. The lowest BCUT2D eigenvalue weighted by molar-refractivity contribution is -0.183. The van der Waals surface area contributed by atoms with E-state index in [1.54, 1.807) is 0 Å². The molecule has 0 saturated carbocycles. The molecule has 47 heavy (non-hydrogen) atoms. The van der Waals surface area contributed by atoms with Gasteiger partial charge in [-0.3, -0.25) is 4.79 Å². The highest BCUT2D eigenvalue weighted by atomic mass is 28.3. The van der Waals surface area contributed by atoms with Crippen molar-refractivity contribution in [3.8, 4) is 0 Å². The van der Waals surface area contributed by atoms with Gasteiger partial charge in [0.1, 0.15) is 18.3 Å². The molecule has 0 aromatic carbocycles. The second kappa shape index (κ2) is 15.6. The van der Waals surface area contributed by atoms with E-state index < -0.39 is 35.2 Å². The minimum atomic E-state index is -1.54. The minimum Gasteiger partial charge on any atom is -0.461 e. The molecule has 1 heterocycles. The molecular weight excluding hydrogens is 621 g/mol. The molecular formula is C39H68O6Si2. The summed E-state index contributed by atoms with van der Waals surface area (Å²) in [5, 5.41) is 0. The van der Waals surface area contributed by atoms with E-state index in [1.165, 1.54) is 5.57 Å². The van der Waals surface area contributed by atoms with Gasteiger partial charge in [0.2, 0.25) is 0 Å². The quantitative estimate of drug-likeness (QED) is 0.109. The Hall–Kier alpha value is -1.49. The topological polar surface area (TPSA) is 71.1 Å². The molecule has 3 rings (SSSR count). The number of rotatable bonds is 13. The van der Waals surface area contributed by atoms with Crippen LogP contribution in [0.4, 0.5) is 0 Å². The molecule has 0 N–H and O–H groups in total. The number of allylic oxidation sites excluding steroid dienone is 4. The number of cyclic esters (lactones) is 1. The summed E-state index contributed by atoms with van der Waals surface area (Å²) in [7, 11) is -3.00. The van der Waals surface area contributed by atoms with Crippen molar-refractivity contribution in [3.05, 3.63) is 36.5 Å². The zero-order valence-electron chi connectivity index (χ0n) is 32.1. The maximum atomic E-state index is 14.1. The molecule has 3 aliphatic rings. The molecule has 0 aromatic rings. The van der Waals surface area contributed by atoms with Crippen molar-refractivity contribution >= 4 is 30.0 Å². The Bertz CT molecular complexity index is 1160. The molecule has 0 amide bonds. The zero-order chi connectivity index (χ0) is 35.5. The Kier molecular flexibility index (Phi) is 13.3. The number of carbonyl (C=O) groups is 2. The van der Waals surface area contributed by atoms with E-state index in [-0.39, 0.29) is 58.6 Å². The maximum absolute atomic E-state index is 14.1. The number of carbonyl (C=O) groups excluding carboxylic acids is 2. The predicted octanol–water partition coefficient (Wildman–Crippen LogP) is 8.96. The Morgan fingerprint density at radius 1 is 0.979 bits per heavy atom. The van der Waals surface area contributed by atoms with Crippen molar-refractivity contribution in [1.29, 1.82) is 0 Å². The van der Waals surface area contributed by atoms with Crippen molar-refractivity contribution in [1.82, 2.24) is 0 Å². The molecule has 8 atom stereocenters. The third-order valence-corrected chi connectivity index (χ3v) is 13.2. The standard InChI is InChI=1S/C39H68O6Si2/c1-15-21-39(16-2,17-3)35(41)43-31-23-27(36(4,5)6)22-26-19-18-20-29(32(26)31)38(10,45-47(13)14)25-28-24-30(37(7,8)9)33(34(40)42-28)44-46(11)12/h15,18-19,22,27-33,46-47H,1,16-17,20-21,23-25H2,2-14H3/t27-,28-,29+,30+,31+,32+,33?,38+/m1/s1. The van der Waals surface area contributed by atoms with E-state index in [0.717, 1.165) is 19.3 Å². The van der Waals surface area contributed by atoms with Crippen LogP contribution < -0.4 is 0 Å². The number of ether oxygens (including phenoxy) is 2. The number of hydrogen-bond acceptors (Lipinski definition) is 6. The second-order valence-corrected chi connectivity index (χ2v) is 22.3. The highest BCUT2D eigenvalue weighted by Crippen LogP contribution is 2.52. The fourth-order valence-corrected chi connectivity index (χ4v) is 10.7. The lowest BCUT2D eigenvalue weighted by Crippen LogP contribution is -2.55. The van der Waals surface area contributed by atoms with Crippen LogP contribution in [0.5, 0.6) is 0 Å². The lowest BCUT2D eigenvalue weighted by Gasteiger charge is -2.52. The number of fused-ring (bicyclic) bond motifs is 1. The summed E-state index contributed by atoms with van der Waals surface area (Å²) in [6.45, 7) is 32.5. The largest absolute Gasteiger partial charge is 0.461 e. The molecule has 2 aliphatic carbocycles. The monoisotopic (exact) mass is 688 g/mol. The van der Waals surface area contributed by atoms with Gasteiger partial charge in [-0.2, -0.15) is 0 Å². The third-order valence-electron chi connectivity index (χ3n) is 11.3. The number of hydrogen-bond donors (Lipinski definition) is 0. The number of esters is 2. The van der Waals surface area contributed by atoms with Crippen LogP contribution in [0.1, 0.15) is 107 Å². The Morgan fingerprint density at radius 3 is 2.13 bits per heavy atom. The molecule has 1 fully saturated rings. The van der Waals surface area contributed by atoms with Gasteiger partial charge >= 0.3 is 11.9 Å². The van der Waals surface area contributed by atoms with E-state index in [1.807, 2.05) is 6.08 Å². The molecule has 0 aromatic heterocycles. The van der Waals surface area contributed by atoms with Gasteiger partial charge in [-0.1, -0.05) is 79.7 Å². The van der Waals surface area contributed by atoms with E-state index in [2.05, 4.69) is 113 Å². The Labute approximate surface area is 290 Å². The van der Waals surface area contributed by atoms with Gasteiger partial charge in [0.25, 0.3) is 0 Å². The molecule has 1 aliphatic heterocycles. The van der Waals surface area contributed by atoms with Crippen molar-refractivity contribution in [2.24, 2.45) is 39.9 Å². The summed E-state index contributed by atoms with van der Waals surface area (Å²) in [6, 6.07) is 0. The van der Waals surface area contributed by atoms with E-state index in [9.17, 15) is 9.59 Å². The average Bonchev–Trinajstić information content (AvgIpc) is 2.95. The first kappa shape index (κ1) is 39.9. The molecule has 0 radical (unpaired) electrons. The SMILES string of the molecule is C=CCC(CC)(CC)C(=O)O[C@H]1C[C@H](C(C)(C)C)C=C2C=CC[C@H]([C@](C)(C[C@H]3C[C@H](C(C)(C)C)C(O[SiH](C)C)C(=O)O3)O[SiH](C)C)[C@H]21. The average molecular weight is 689 g/mol. The fourth-order valence-electron chi connectivity index (χ4n) is 8.49. The van der Waals surface area contributed by atoms with Gasteiger partial charge in [0.05, 0.1) is 11.0 Å². The Morgan fingerprint density at radius 2 is 1.62 bits per heavy atom. The highest BCUT2D eigenvalue weighted by Gasteiger charge is 2.53. The van der Waals surface area contributed by atoms with Crippen molar-refractivity contribution in [3.63, 3.8) is 0 Å². The van der Waals surface area contributed by atoms with Crippen LogP contribution in [0.15, 0.2) is 36.5 Å². The minimum absolute atomic E-state index is 0.00355. The summed E-state index contributed by atoms with van der Waals surface area (Å²) >= 11 is 0. The van der Waals surface area contributed by atoms with Crippen LogP contribution in [0.25, 0.3) is 0 Å². The van der Waals surface area contributed by atoms with Crippen LogP contribution >= 0.6 is 0 Å². The first-order chi connectivity index (χ1) is 21.7. The van der Waals surface area contributed by atoms with E-state index in [4.69, 9.17) is 18.3 Å². The molecule has 8 heteroatoms. The van der Waals surface area contributed by atoms with Gasteiger partial charge in [0, 0.05) is 24.2 Å². The summed E-state index contributed by atoms with van der Waals surface area (Å²) in [5.74, 6) is 0.0505.